The predicted octanol–water partition coefficient (Wildman–Crippen LogP) is 4.16. The number of ether oxygens (including phenoxy) is 2. The number of methoxy groups -OCH3 is 2. The number of hydrogen-bond acceptors (Lipinski definition) is 2. The van der Waals surface area contributed by atoms with Crippen molar-refractivity contribution in [3.63, 3.8) is 0 Å². The molecule has 3 aromatic rings. The van der Waals surface area contributed by atoms with Gasteiger partial charge in [-0.15, -0.1) is 0 Å². The highest BCUT2D eigenvalue weighted by Crippen LogP contribution is 2.33. The SMILES string of the molecule is COc1ccc(-c2cc3cc(C)ccc3[nH]2)cc1OC. The molecule has 1 heterocycles. The smallest absolute Gasteiger partial charge is 0.161 e. The molecule has 0 unspecified atom stereocenters. The first-order chi connectivity index (χ1) is 9.71. The molecule has 3 rings (SSSR count). The van der Waals surface area contributed by atoms with Gasteiger partial charge in [-0.25, -0.2) is 0 Å². The Labute approximate surface area is 118 Å². The standard InChI is InChI=1S/C17H17NO2/c1-11-4-6-14-13(8-11)9-15(18-14)12-5-7-16(19-2)17(10-12)20-3/h4-10,18H,1-3H3. The lowest BCUT2D eigenvalue weighted by Crippen LogP contribution is -1.90. The summed E-state index contributed by atoms with van der Waals surface area (Å²) in [6, 6.07) is 14.5. The molecule has 0 fully saturated rings. The van der Waals surface area contributed by atoms with Gasteiger partial charge in [0.2, 0.25) is 0 Å². The van der Waals surface area contributed by atoms with Crippen LogP contribution in [0.4, 0.5) is 0 Å². The summed E-state index contributed by atoms with van der Waals surface area (Å²) in [4.78, 5) is 3.43. The first-order valence-corrected chi connectivity index (χ1v) is 6.53. The number of aromatic nitrogens is 1. The van der Waals surface area contributed by atoms with Crippen LogP contribution in [0.15, 0.2) is 42.5 Å². The molecule has 0 saturated carbocycles. The fraction of sp³-hybridized carbons (Fsp3) is 0.176. The van der Waals surface area contributed by atoms with E-state index in [0.717, 1.165) is 28.3 Å². The van der Waals surface area contributed by atoms with E-state index in [1.165, 1.54) is 10.9 Å². The van der Waals surface area contributed by atoms with Crippen molar-refractivity contribution in [1.29, 1.82) is 0 Å². The monoisotopic (exact) mass is 267 g/mol. The fourth-order valence-electron chi connectivity index (χ4n) is 2.41. The highest BCUT2D eigenvalue weighted by Gasteiger charge is 2.08. The van der Waals surface area contributed by atoms with Crippen molar-refractivity contribution >= 4 is 10.9 Å². The maximum Gasteiger partial charge on any atom is 0.161 e. The second-order valence-electron chi connectivity index (χ2n) is 4.84. The molecule has 0 saturated heterocycles. The van der Waals surface area contributed by atoms with Crippen molar-refractivity contribution in [3.8, 4) is 22.8 Å². The van der Waals surface area contributed by atoms with Gasteiger partial charge in [0.25, 0.3) is 0 Å². The van der Waals surface area contributed by atoms with E-state index in [1.54, 1.807) is 14.2 Å². The maximum absolute atomic E-state index is 5.35. The first kappa shape index (κ1) is 12.6. The van der Waals surface area contributed by atoms with Gasteiger partial charge in [0.1, 0.15) is 0 Å². The molecular weight excluding hydrogens is 250 g/mol. The van der Waals surface area contributed by atoms with E-state index in [0.29, 0.717) is 0 Å². The summed E-state index contributed by atoms with van der Waals surface area (Å²) in [6.07, 6.45) is 0. The van der Waals surface area contributed by atoms with Gasteiger partial charge in [0.05, 0.1) is 14.2 Å². The number of nitrogens with one attached hydrogen (secondary N) is 1. The van der Waals surface area contributed by atoms with Crippen LogP contribution in [0.1, 0.15) is 5.56 Å². The second-order valence-corrected chi connectivity index (χ2v) is 4.84. The van der Waals surface area contributed by atoms with Crippen LogP contribution in [0, 0.1) is 6.92 Å². The van der Waals surface area contributed by atoms with Crippen LogP contribution in [0.3, 0.4) is 0 Å². The lowest BCUT2D eigenvalue weighted by molar-refractivity contribution is 0.355. The first-order valence-electron chi connectivity index (χ1n) is 6.53. The third-order valence-corrected chi connectivity index (χ3v) is 3.47. The predicted molar refractivity (Wildman–Crippen MR) is 81.6 cm³/mol. The van der Waals surface area contributed by atoms with Crippen LogP contribution in [-0.4, -0.2) is 19.2 Å². The lowest BCUT2D eigenvalue weighted by atomic mass is 10.1. The van der Waals surface area contributed by atoms with E-state index in [2.05, 4.69) is 36.2 Å². The molecule has 2 aromatic carbocycles. The van der Waals surface area contributed by atoms with Crippen LogP contribution in [0.25, 0.3) is 22.2 Å². The normalized spacial score (nSPS) is 10.8. The zero-order valence-corrected chi connectivity index (χ0v) is 11.9. The van der Waals surface area contributed by atoms with E-state index >= 15 is 0 Å². The van der Waals surface area contributed by atoms with Crippen molar-refractivity contribution in [2.24, 2.45) is 0 Å². The number of benzene rings is 2. The van der Waals surface area contributed by atoms with Crippen molar-refractivity contribution < 1.29 is 9.47 Å². The molecule has 0 aliphatic heterocycles. The zero-order chi connectivity index (χ0) is 14.1. The summed E-state index contributed by atoms with van der Waals surface area (Å²) in [5.74, 6) is 1.48. The average molecular weight is 267 g/mol. The highest BCUT2D eigenvalue weighted by atomic mass is 16.5. The topological polar surface area (TPSA) is 34.2 Å². The van der Waals surface area contributed by atoms with E-state index in [-0.39, 0.29) is 0 Å². The highest BCUT2D eigenvalue weighted by molar-refractivity contribution is 5.86. The van der Waals surface area contributed by atoms with Crippen molar-refractivity contribution in [2.45, 2.75) is 6.92 Å². The molecule has 102 valence electrons. The Morgan fingerprint density at radius 1 is 0.850 bits per heavy atom. The molecule has 0 aliphatic carbocycles. The van der Waals surface area contributed by atoms with Gasteiger partial charge in [-0.2, -0.15) is 0 Å². The van der Waals surface area contributed by atoms with E-state index < -0.39 is 0 Å². The number of aromatic amines is 1. The minimum absolute atomic E-state index is 0.736. The lowest BCUT2D eigenvalue weighted by Gasteiger charge is -2.08. The largest absolute Gasteiger partial charge is 0.493 e. The minimum atomic E-state index is 0.736. The van der Waals surface area contributed by atoms with Gasteiger partial charge in [0, 0.05) is 22.2 Å². The van der Waals surface area contributed by atoms with Crippen molar-refractivity contribution in [1.82, 2.24) is 4.98 Å². The van der Waals surface area contributed by atoms with Crippen molar-refractivity contribution in [3.05, 3.63) is 48.0 Å². The average Bonchev–Trinajstić information content (AvgIpc) is 2.89. The molecule has 0 radical (unpaired) electrons. The summed E-state index contributed by atoms with van der Waals surface area (Å²) in [5.41, 5.74) is 4.55. The van der Waals surface area contributed by atoms with Crippen LogP contribution < -0.4 is 9.47 Å². The Kier molecular flexibility index (Phi) is 3.11. The van der Waals surface area contributed by atoms with E-state index in [9.17, 15) is 0 Å². The zero-order valence-electron chi connectivity index (χ0n) is 11.9. The summed E-state index contributed by atoms with van der Waals surface area (Å²) in [5, 5.41) is 1.22. The molecule has 1 aromatic heterocycles. The summed E-state index contributed by atoms with van der Waals surface area (Å²) >= 11 is 0. The maximum atomic E-state index is 5.35. The Bertz CT molecular complexity index is 759. The van der Waals surface area contributed by atoms with Crippen LogP contribution in [0.5, 0.6) is 11.5 Å². The molecule has 3 nitrogen and oxygen atoms in total. The third-order valence-electron chi connectivity index (χ3n) is 3.47. The summed E-state index contributed by atoms with van der Waals surface area (Å²) in [6.45, 7) is 2.10. The van der Waals surface area contributed by atoms with Gasteiger partial charge in [-0.05, 0) is 43.3 Å². The number of fused-ring (bicyclic) bond motifs is 1. The van der Waals surface area contributed by atoms with Gasteiger partial charge in [-0.3, -0.25) is 0 Å². The number of hydrogen-bond donors (Lipinski definition) is 1. The number of aryl methyl sites for hydroxylation is 1. The van der Waals surface area contributed by atoms with E-state index in [1.807, 2.05) is 18.2 Å². The van der Waals surface area contributed by atoms with Crippen LogP contribution >= 0.6 is 0 Å². The Hall–Kier alpha value is -2.42. The molecule has 0 spiro atoms. The fourth-order valence-corrected chi connectivity index (χ4v) is 2.41. The van der Waals surface area contributed by atoms with Gasteiger partial charge in [0.15, 0.2) is 11.5 Å². The van der Waals surface area contributed by atoms with E-state index in [4.69, 9.17) is 9.47 Å². The molecule has 3 heteroatoms. The minimum Gasteiger partial charge on any atom is -0.493 e. The molecule has 0 aliphatic rings. The van der Waals surface area contributed by atoms with Gasteiger partial charge < -0.3 is 14.5 Å². The summed E-state index contributed by atoms with van der Waals surface area (Å²) < 4.78 is 10.6. The number of rotatable bonds is 3. The van der Waals surface area contributed by atoms with Crippen LogP contribution in [-0.2, 0) is 0 Å². The Balaban J connectivity index is 2.10. The quantitative estimate of drug-likeness (QED) is 0.773. The van der Waals surface area contributed by atoms with Crippen molar-refractivity contribution in [2.75, 3.05) is 14.2 Å². The molecule has 0 bridgehead atoms. The van der Waals surface area contributed by atoms with Gasteiger partial charge >= 0.3 is 0 Å². The molecule has 1 N–H and O–H groups in total. The third kappa shape index (κ3) is 2.11. The molecular formula is C17H17NO2. The molecule has 20 heavy (non-hydrogen) atoms. The number of H-pyrrole nitrogens is 1. The van der Waals surface area contributed by atoms with Gasteiger partial charge in [-0.1, -0.05) is 11.6 Å². The van der Waals surface area contributed by atoms with Crippen LogP contribution in [0.2, 0.25) is 0 Å². The molecule has 0 amide bonds. The molecule has 0 atom stereocenters. The summed E-state index contributed by atoms with van der Waals surface area (Å²) in [7, 11) is 3.29. The second kappa shape index (κ2) is 4.93. The Morgan fingerprint density at radius 3 is 2.40 bits per heavy atom. The Morgan fingerprint density at radius 2 is 1.65 bits per heavy atom.